The maximum Gasteiger partial charge on any atom is 0.573 e. The molecule has 1 unspecified atom stereocenters. The van der Waals surface area contributed by atoms with Gasteiger partial charge in [0.15, 0.2) is 11.6 Å². The molecule has 2 N–H and O–H groups in total. The summed E-state index contributed by atoms with van der Waals surface area (Å²) in [6.45, 7) is 7.06. The molecule has 2 aromatic carbocycles. The molecule has 0 aliphatic heterocycles. The lowest BCUT2D eigenvalue weighted by atomic mass is 9.80. The summed E-state index contributed by atoms with van der Waals surface area (Å²) in [5, 5.41) is 20.1. The second-order valence-electron chi connectivity index (χ2n) is 9.19. The molecular weight excluding hydrogens is 458 g/mol. The lowest BCUT2D eigenvalue weighted by molar-refractivity contribution is -0.274. The van der Waals surface area contributed by atoms with E-state index >= 15 is 0 Å². The van der Waals surface area contributed by atoms with Gasteiger partial charge in [0.25, 0.3) is 5.91 Å². The van der Waals surface area contributed by atoms with Crippen LogP contribution in [0.15, 0.2) is 36.4 Å². The average Bonchev–Trinajstić information content (AvgIpc) is 2.95. The maximum atomic E-state index is 14.3. The van der Waals surface area contributed by atoms with E-state index in [2.05, 4.69) is 4.74 Å². The first kappa shape index (κ1) is 25.1. The van der Waals surface area contributed by atoms with Crippen molar-refractivity contribution in [1.82, 2.24) is 4.57 Å². The second kappa shape index (κ2) is 8.66. The third kappa shape index (κ3) is 5.16. The SMILES string of the molecule is Cc1c(C(CC(C)(C)C)C(=O)O)c2cc(O)c(F)cc2n1C(=O)c1ccc(OC(F)(F)F)cc1. The van der Waals surface area contributed by atoms with Crippen LogP contribution in [-0.2, 0) is 4.79 Å². The number of aromatic hydroxyl groups is 1. The Kier molecular flexibility index (Phi) is 6.38. The number of ether oxygens (including phenoxy) is 1. The van der Waals surface area contributed by atoms with E-state index in [0.717, 1.165) is 41.0 Å². The number of carboxylic acids is 1. The van der Waals surface area contributed by atoms with Crippen LogP contribution in [0.2, 0.25) is 0 Å². The molecule has 3 rings (SSSR count). The minimum Gasteiger partial charge on any atom is -0.505 e. The molecular formula is C24H23F4NO5. The van der Waals surface area contributed by atoms with E-state index in [1.807, 2.05) is 20.8 Å². The van der Waals surface area contributed by atoms with Gasteiger partial charge in [-0.1, -0.05) is 20.8 Å². The van der Waals surface area contributed by atoms with Crippen LogP contribution >= 0.6 is 0 Å². The van der Waals surface area contributed by atoms with Crippen LogP contribution in [0.5, 0.6) is 11.5 Å². The van der Waals surface area contributed by atoms with Crippen molar-refractivity contribution in [3.05, 3.63) is 59.0 Å². The Balaban J connectivity index is 2.20. The van der Waals surface area contributed by atoms with Gasteiger partial charge in [0.05, 0.1) is 11.4 Å². The number of nitrogens with zero attached hydrogens (tertiary/aromatic N) is 1. The molecule has 1 atom stereocenters. The number of alkyl halides is 3. The maximum absolute atomic E-state index is 14.3. The van der Waals surface area contributed by atoms with Gasteiger partial charge >= 0.3 is 12.3 Å². The van der Waals surface area contributed by atoms with Crippen LogP contribution in [0.3, 0.4) is 0 Å². The Labute approximate surface area is 192 Å². The first-order valence-electron chi connectivity index (χ1n) is 10.3. The molecule has 1 aromatic heterocycles. The Morgan fingerprint density at radius 3 is 2.18 bits per heavy atom. The van der Waals surface area contributed by atoms with Crippen LogP contribution < -0.4 is 4.74 Å². The molecule has 0 radical (unpaired) electrons. The number of rotatable bonds is 5. The standard InChI is InChI=1S/C24H23F4NO5/c1-12-20(16(22(32)33)11-23(2,3)4)15-9-19(30)17(25)10-18(15)29(12)21(31)13-5-7-14(8-6-13)34-24(26,27)28/h5-10,16,30H,11H2,1-4H3,(H,32,33). The molecule has 0 aliphatic carbocycles. The number of fused-ring (bicyclic) bond motifs is 1. The number of hydrogen-bond donors (Lipinski definition) is 2. The summed E-state index contributed by atoms with van der Waals surface area (Å²) in [7, 11) is 0. The third-order valence-corrected chi connectivity index (χ3v) is 5.32. The number of carbonyl (C=O) groups excluding carboxylic acids is 1. The molecule has 10 heteroatoms. The summed E-state index contributed by atoms with van der Waals surface area (Å²) >= 11 is 0. The zero-order valence-electron chi connectivity index (χ0n) is 18.8. The molecule has 182 valence electrons. The molecule has 34 heavy (non-hydrogen) atoms. The number of aliphatic carboxylic acids is 1. The van der Waals surface area contributed by atoms with Crippen LogP contribution in [0.25, 0.3) is 10.9 Å². The summed E-state index contributed by atoms with van der Waals surface area (Å²) in [5.74, 6) is -5.16. The summed E-state index contributed by atoms with van der Waals surface area (Å²) in [6, 6.07) is 6.18. The van der Waals surface area contributed by atoms with Crippen molar-refractivity contribution in [2.24, 2.45) is 5.41 Å². The molecule has 0 saturated heterocycles. The number of halogens is 4. The fraction of sp³-hybridized carbons (Fsp3) is 0.333. The summed E-state index contributed by atoms with van der Waals surface area (Å²) in [4.78, 5) is 25.5. The highest BCUT2D eigenvalue weighted by molar-refractivity contribution is 6.05. The van der Waals surface area contributed by atoms with Gasteiger partial charge in [0.1, 0.15) is 5.75 Å². The highest BCUT2D eigenvalue weighted by Gasteiger charge is 2.34. The van der Waals surface area contributed by atoms with Gasteiger partial charge in [-0.25, -0.2) is 4.39 Å². The van der Waals surface area contributed by atoms with Gasteiger partial charge in [0, 0.05) is 22.7 Å². The quantitative estimate of drug-likeness (QED) is 0.438. The van der Waals surface area contributed by atoms with Gasteiger partial charge in [-0.2, -0.15) is 0 Å². The van der Waals surface area contributed by atoms with Gasteiger partial charge < -0.3 is 14.9 Å². The number of aromatic nitrogens is 1. The lowest BCUT2D eigenvalue weighted by Gasteiger charge is -2.24. The van der Waals surface area contributed by atoms with E-state index in [1.54, 1.807) is 0 Å². The van der Waals surface area contributed by atoms with Crippen molar-refractivity contribution < 1.29 is 42.1 Å². The zero-order valence-corrected chi connectivity index (χ0v) is 18.8. The Morgan fingerprint density at radius 1 is 1.09 bits per heavy atom. The first-order valence-corrected chi connectivity index (χ1v) is 10.3. The van der Waals surface area contributed by atoms with E-state index in [1.165, 1.54) is 6.92 Å². The topological polar surface area (TPSA) is 88.8 Å². The minimum absolute atomic E-state index is 0.0303. The van der Waals surface area contributed by atoms with Crippen LogP contribution in [0.1, 0.15) is 54.7 Å². The van der Waals surface area contributed by atoms with Gasteiger partial charge in [-0.15, -0.1) is 13.2 Å². The molecule has 3 aromatic rings. The van der Waals surface area contributed by atoms with Crippen molar-refractivity contribution >= 4 is 22.8 Å². The smallest absolute Gasteiger partial charge is 0.505 e. The van der Waals surface area contributed by atoms with E-state index in [-0.39, 0.29) is 34.1 Å². The van der Waals surface area contributed by atoms with Crippen molar-refractivity contribution in [2.75, 3.05) is 0 Å². The molecule has 0 saturated carbocycles. The Hall–Kier alpha value is -3.56. The molecule has 0 bridgehead atoms. The van der Waals surface area contributed by atoms with Crippen LogP contribution in [0, 0.1) is 18.2 Å². The third-order valence-electron chi connectivity index (χ3n) is 5.32. The molecule has 0 amide bonds. The highest BCUT2D eigenvalue weighted by atomic mass is 19.4. The number of hydrogen-bond acceptors (Lipinski definition) is 4. The van der Waals surface area contributed by atoms with Crippen molar-refractivity contribution in [3.63, 3.8) is 0 Å². The van der Waals surface area contributed by atoms with E-state index in [4.69, 9.17) is 0 Å². The van der Waals surface area contributed by atoms with Crippen LogP contribution in [-0.4, -0.2) is 33.0 Å². The van der Waals surface area contributed by atoms with E-state index in [9.17, 15) is 37.4 Å². The van der Waals surface area contributed by atoms with Gasteiger partial charge in [0.2, 0.25) is 0 Å². The van der Waals surface area contributed by atoms with Crippen LogP contribution in [0.4, 0.5) is 17.6 Å². The zero-order chi connectivity index (χ0) is 25.6. The number of phenols is 1. The molecule has 0 aliphatic rings. The molecule has 6 nitrogen and oxygen atoms in total. The average molecular weight is 481 g/mol. The van der Waals surface area contributed by atoms with Crippen molar-refractivity contribution in [1.29, 1.82) is 0 Å². The second-order valence-corrected chi connectivity index (χ2v) is 9.19. The number of benzene rings is 2. The van der Waals surface area contributed by atoms with Crippen molar-refractivity contribution in [2.45, 2.75) is 46.4 Å². The Bertz CT molecular complexity index is 1250. The molecule has 1 heterocycles. The molecule has 0 spiro atoms. The predicted octanol–water partition coefficient (Wildman–Crippen LogP) is 5.99. The fourth-order valence-electron chi connectivity index (χ4n) is 4.00. The number of carbonyl (C=O) groups is 2. The van der Waals surface area contributed by atoms with Gasteiger partial charge in [-0.3, -0.25) is 14.2 Å². The number of carboxylic acid groups (broad SMARTS) is 1. The van der Waals surface area contributed by atoms with E-state index < -0.39 is 46.9 Å². The monoisotopic (exact) mass is 481 g/mol. The fourth-order valence-corrected chi connectivity index (χ4v) is 4.00. The largest absolute Gasteiger partial charge is 0.573 e. The van der Waals surface area contributed by atoms with E-state index in [0.29, 0.717) is 0 Å². The summed E-state index contributed by atoms with van der Waals surface area (Å²) in [5.41, 5.74) is 0.0563. The first-order chi connectivity index (χ1) is 15.6. The normalized spacial score (nSPS) is 13.2. The van der Waals surface area contributed by atoms with Gasteiger partial charge in [-0.05, 0) is 54.7 Å². The lowest BCUT2D eigenvalue weighted by Crippen LogP contribution is -2.21. The molecule has 0 fully saturated rings. The predicted molar refractivity (Wildman–Crippen MR) is 116 cm³/mol. The Morgan fingerprint density at radius 2 is 1.68 bits per heavy atom. The summed E-state index contributed by atoms with van der Waals surface area (Å²) < 4.78 is 56.5. The highest BCUT2D eigenvalue weighted by Crippen LogP contribution is 2.40. The van der Waals surface area contributed by atoms with Crippen molar-refractivity contribution in [3.8, 4) is 11.5 Å². The summed E-state index contributed by atoms with van der Waals surface area (Å²) in [6.07, 6.45) is -4.70. The number of phenolic OH excluding ortho intramolecular Hbond substituents is 1. The minimum atomic E-state index is -4.90.